The van der Waals surface area contributed by atoms with Gasteiger partial charge in [-0.05, 0) is 30.3 Å². The fourth-order valence-electron chi connectivity index (χ4n) is 4.80. The Bertz CT molecular complexity index is 1730. The number of hydrogen-bond acceptors (Lipinski definition) is 7. The van der Waals surface area contributed by atoms with Gasteiger partial charge in [-0.2, -0.15) is 13.2 Å². The molecule has 220 valence electrons. The van der Waals surface area contributed by atoms with Gasteiger partial charge in [0, 0.05) is 37.4 Å². The number of carbonyl (C=O) groups is 1. The zero-order valence-electron chi connectivity index (χ0n) is 22.5. The third kappa shape index (κ3) is 6.12. The lowest BCUT2D eigenvalue weighted by molar-refractivity contribution is -0.137. The summed E-state index contributed by atoms with van der Waals surface area (Å²) in [5.41, 5.74) is 0.939. The quantitative estimate of drug-likeness (QED) is 0.158. The first kappa shape index (κ1) is 28.5. The van der Waals surface area contributed by atoms with Crippen LogP contribution in [0.5, 0.6) is 0 Å². The Hall–Kier alpha value is -4.65. The molecule has 0 saturated carbocycles. The molecule has 1 aliphatic rings. The molecular weight excluding hydrogens is 584 g/mol. The second-order valence-electron chi connectivity index (χ2n) is 9.70. The third-order valence-electron chi connectivity index (χ3n) is 6.96. The van der Waals surface area contributed by atoms with Crippen molar-refractivity contribution in [2.75, 3.05) is 31.1 Å². The number of carbonyl (C=O) groups excluding carboxylic acids is 1. The Morgan fingerprint density at radius 3 is 2.40 bits per heavy atom. The van der Waals surface area contributed by atoms with E-state index in [9.17, 15) is 22.4 Å². The number of piperazine rings is 1. The first-order valence-electron chi connectivity index (χ1n) is 13.3. The van der Waals surface area contributed by atoms with Crippen molar-refractivity contribution < 1.29 is 26.8 Å². The molecule has 3 aromatic carbocycles. The maximum Gasteiger partial charge on any atom is 0.416 e. The number of hydrogen-bond donors (Lipinski definition) is 0. The summed E-state index contributed by atoms with van der Waals surface area (Å²) in [6.07, 6.45) is -3.14. The monoisotopic (exact) mass is 608 g/mol. The van der Waals surface area contributed by atoms with Gasteiger partial charge in [-0.25, -0.2) is 9.37 Å². The highest BCUT2D eigenvalue weighted by Crippen LogP contribution is 2.33. The lowest BCUT2D eigenvalue weighted by Crippen LogP contribution is -2.49. The van der Waals surface area contributed by atoms with Gasteiger partial charge >= 0.3 is 6.18 Å². The first-order chi connectivity index (χ1) is 20.8. The van der Waals surface area contributed by atoms with Crippen molar-refractivity contribution in [3.8, 4) is 17.1 Å². The summed E-state index contributed by atoms with van der Waals surface area (Å²) < 4.78 is 61.4. The summed E-state index contributed by atoms with van der Waals surface area (Å²) >= 11 is 1.24. The number of oxazole rings is 1. The SMILES string of the molecule is O=C(c1coc(CSc2nnc(-c3ccccc3)n2-c2ccccc2F)n1)N1CCN(c2cccc(C(F)(F)F)c2)CC1. The molecule has 0 aliphatic carbocycles. The van der Waals surface area contributed by atoms with E-state index in [-0.39, 0.29) is 23.2 Å². The van der Waals surface area contributed by atoms with E-state index < -0.39 is 17.6 Å². The van der Waals surface area contributed by atoms with Gasteiger partial charge in [0.15, 0.2) is 16.7 Å². The predicted molar refractivity (Wildman–Crippen MR) is 152 cm³/mol. The van der Waals surface area contributed by atoms with E-state index >= 15 is 0 Å². The summed E-state index contributed by atoms with van der Waals surface area (Å²) in [6, 6.07) is 20.8. The third-order valence-corrected chi connectivity index (χ3v) is 7.87. The second-order valence-corrected chi connectivity index (χ2v) is 10.6. The van der Waals surface area contributed by atoms with E-state index in [0.717, 1.165) is 17.7 Å². The Morgan fingerprint density at radius 2 is 1.65 bits per heavy atom. The smallest absolute Gasteiger partial charge is 0.416 e. The van der Waals surface area contributed by atoms with Crippen LogP contribution in [0.25, 0.3) is 17.1 Å². The molecule has 5 aromatic rings. The lowest BCUT2D eigenvalue weighted by Gasteiger charge is -2.36. The van der Waals surface area contributed by atoms with Gasteiger partial charge in [-0.1, -0.05) is 60.3 Å². The molecule has 0 unspecified atom stereocenters. The van der Waals surface area contributed by atoms with Crippen LogP contribution in [0.15, 0.2) is 94.7 Å². The highest BCUT2D eigenvalue weighted by molar-refractivity contribution is 7.98. The van der Waals surface area contributed by atoms with Crippen molar-refractivity contribution in [1.29, 1.82) is 0 Å². The topological polar surface area (TPSA) is 80.3 Å². The average Bonchev–Trinajstić information content (AvgIpc) is 3.68. The zero-order chi connectivity index (χ0) is 30.0. The van der Waals surface area contributed by atoms with Crippen LogP contribution in [0.3, 0.4) is 0 Å². The highest BCUT2D eigenvalue weighted by atomic mass is 32.2. The van der Waals surface area contributed by atoms with E-state index in [1.807, 2.05) is 35.2 Å². The highest BCUT2D eigenvalue weighted by Gasteiger charge is 2.31. The van der Waals surface area contributed by atoms with E-state index in [4.69, 9.17) is 4.42 Å². The molecule has 13 heteroatoms. The summed E-state index contributed by atoms with van der Waals surface area (Å²) in [5.74, 6) is 0.196. The molecule has 0 radical (unpaired) electrons. The number of thioether (sulfide) groups is 1. The van der Waals surface area contributed by atoms with Crippen LogP contribution in [-0.4, -0.2) is 56.7 Å². The molecule has 0 bridgehead atoms. The number of aromatic nitrogens is 4. The lowest BCUT2D eigenvalue weighted by atomic mass is 10.1. The maximum atomic E-state index is 14.8. The first-order valence-corrected chi connectivity index (χ1v) is 14.3. The summed E-state index contributed by atoms with van der Waals surface area (Å²) in [5, 5.41) is 9.02. The molecule has 1 fully saturated rings. The largest absolute Gasteiger partial charge is 0.447 e. The normalized spacial score (nSPS) is 13.9. The fraction of sp³-hybridized carbons (Fsp3) is 0.200. The maximum absolute atomic E-state index is 14.8. The van der Waals surface area contributed by atoms with Crippen LogP contribution in [0.4, 0.5) is 23.2 Å². The van der Waals surface area contributed by atoms with Crippen LogP contribution in [0, 0.1) is 5.82 Å². The number of benzene rings is 3. The molecule has 8 nitrogen and oxygen atoms in total. The Labute approximate surface area is 248 Å². The Kier molecular flexibility index (Phi) is 7.89. The van der Waals surface area contributed by atoms with Crippen LogP contribution in [0.1, 0.15) is 21.9 Å². The van der Waals surface area contributed by atoms with Crippen LogP contribution >= 0.6 is 11.8 Å². The zero-order valence-corrected chi connectivity index (χ0v) is 23.4. The van der Waals surface area contributed by atoms with Crippen LogP contribution in [-0.2, 0) is 11.9 Å². The molecule has 1 aliphatic heterocycles. The van der Waals surface area contributed by atoms with Gasteiger partial charge in [0.1, 0.15) is 12.1 Å². The van der Waals surface area contributed by atoms with Crippen molar-refractivity contribution in [1.82, 2.24) is 24.6 Å². The van der Waals surface area contributed by atoms with Crippen LogP contribution < -0.4 is 4.90 Å². The van der Waals surface area contributed by atoms with Gasteiger partial charge in [-0.3, -0.25) is 9.36 Å². The molecule has 43 heavy (non-hydrogen) atoms. The van der Waals surface area contributed by atoms with Gasteiger partial charge < -0.3 is 14.2 Å². The average molecular weight is 609 g/mol. The van der Waals surface area contributed by atoms with E-state index in [1.165, 1.54) is 30.2 Å². The molecule has 3 heterocycles. The van der Waals surface area contributed by atoms with Crippen molar-refractivity contribution in [3.05, 3.63) is 108 Å². The van der Waals surface area contributed by atoms with Crippen molar-refractivity contribution in [2.45, 2.75) is 17.1 Å². The van der Waals surface area contributed by atoms with Crippen molar-refractivity contribution in [3.63, 3.8) is 0 Å². The summed E-state index contributed by atoms with van der Waals surface area (Å²) in [7, 11) is 0. The molecular formula is C30H24F4N6O2S. The minimum absolute atomic E-state index is 0.128. The number of halogens is 4. The molecule has 0 N–H and O–H groups in total. The van der Waals surface area contributed by atoms with Gasteiger partial charge in [0.2, 0.25) is 5.89 Å². The number of alkyl halides is 3. The molecule has 0 atom stereocenters. The molecule has 0 spiro atoms. The van der Waals surface area contributed by atoms with Crippen LogP contribution in [0.2, 0.25) is 0 Å². The molecule has 6 rings (SSSR count). The Morgan fingerprint density at radius 1 is 0.907 bits per heavy atom. The summed E-state index contributed by atoms with van der Waals surface area (Å²) in [6.45, 7) is 1.40. The van der Waals surface area contributed by atoms with Gasteiger partial charge in [0.25, 0.3) is 5.91 Å². The second kappa shape index (κ2) is 11.9. The number of amides is 1. The van der Waals surface area contributed by atoms with Crippen molar-refractivity contribution >= 4 is 23.4 Å². The van der Waals surface area contributed by atoms with E-state index in [0.29, 0.717) is 48.5 Å². The predicted octanol–water partition coefficient (Wildman–Crippen LogP) is 6.33. The molecule has 2 aromatic heterocycles. The Balaban J connectivity index is 1.12. The van der Waals surface area contributed by atoms with Gasteiger partial charge in [0.05, 0.1) is 17.0 Å². The van der Waals surface area contributed by atoms with E-state index in [1.54, 1.807) is 33.7 Å². The minimum Gasteiger partial charge on any atom is -0.447 e. The molecule has 1 saturated heterocycles. The number of anilines is 1. The van der Waals surface area contributed by atoms with Gasteiger partial charge in [-0.15, -0.1) is 10.2 Å². The van der Waals surface area contributed by atoms with Crippen molar-refractivity contribution in [2.24, 2.45) is 0 Å². The standard InChI is InChI=1S/C30H24F4N6O2S/c31-23-11-4-5-12-25(23)40-27(20-7-2-1-3-8-20)36-37-29(40)43-19-26-35-24(18-42-26)28(41)39-15-13-38(14-16-39)22-10-6-9-21(17-22)30(32,33)34/h1-12,17-18H,13-16,19H2. The van der Waals surface area contributed by atoms with E-state index in [2.05, 4.69) is 15.2 Å². The molecule has 1 amide bonds. The minimum atomic E-state index is -4.42. The summed E-state index contributed by atoms with van der Waals surface area (Å²) in [4.78, 5) is 20.9. The fourth-order valence-corrected chi connectivity index (χ4v) is 5.60. The number of nitrogens with zero attached hydrogens (tertiary/aromatic N) is 6. The number of para-hydroxylation sites is 1. The number of rotatable bonds is 7.